The number of hydrogen-bond acceptors (Lipinski definition) is 11. The fraction of sp³-hybridized carbons (Fsp3) is 0.500. The van der Waals surface area contributed by atoms with Crippen LogP contribution in [0.2, 0.25) is 0 Å². The largest absolute Gasteiger partial charge is 0.497 e. The molecule has 0 aromatic heterocycles. The van der Waals surface area contributed by atoms with E-state index in [1.165, 1.54) is 7.11 Å². The smallest absolute Gasteiger partial charge is 0.190 e. The molecule has 11 nitrogen and oxygen atoms in total. The van der Waals surface area contributed by atoms with Crippen LogP contribution < -0.4 is 14.2 Å². The van der Waals surface area contributed by atoms with E-state index in [1.807, 2.05) is 6.07 Å². The zero-order valence-corrected chi connectivity index (χ0v) is 20.9. The van der Waals surface area contributed by atoms with E-state index in [4.69, 9.17) is 33.3 Å². The Kier molecular flexibility index (Phi) is 7.01. The number of oxime groups is 1. The van der Waals surface area contributed by atoms with E-state index in [-0.39, 0.29) is 12.3 Å². The van der Waals surface area contributed by atoms with E-state index in [9.17, 15) is 15.3 Å². The van der Waals surface area contributed by atoms with Crippen molar-refractivity contribution in [2.75, 3.05) is 20.8 Å². The standard InChI is InChI=1S/C26H31NO10/c1-26(2)36-24-21(30)23(35-25(24)37-26)17(28)12-33-27-19-16-11-15(32-4)8-9-18(16)34-22(20(19)29)13-6-5-7-14(10-13)31-3/h5-11,17,20-25,28-30H,12H2,1-4H3/b27-19+/t17-,20+,21+,22-,23-,24-,25-/m1/s1. The van der Waals surface area contributed by atoms with Gasteiger partial charge in [-0.2, -0.15) is 0 Å². The van der Waals surface area contributed by atoms with Crippen LogP contribution in [0.15, 0.2) is 47.6 Å². The normalized spacial score (nSPS) is 31.8. The Labute approximate surface area is 214 Å². The topological polar surface area (TPSA) is 138 Å². The summed E-state index contributed by atoms with van der Waals surface area (Å²) in [6.45, 7) is 3.12. The Bertz CT molecular complexity index is 1150. The van der Waals surface area contributed by atoms with Gasteiger partial charge in [-0.15, -0.1) is 0 Å². The van der Waals surface area contributed by atoms with Crippen molar-refractivity contribution in [1.82, 2.24) is 0 Å². The van der Waals surface area contributed by atoms with Gasteiger partial charge in [0.25, 0.3) is 0 Å². The number of ether oxygens (including phenoxy) is 6. The van der Waals surface area contributed by atoms with E-state index in [0.29, 0.717) is 28.4 Å². The molecule has 0 radical (unpaired) electrons. The van der Waals surface area contributed by atoms with Gasteiger partial charge in [-0.05, 0) is 49.7 Å². The predicted octanol–water partition coefficient (Wildman–Crippen LogP) is 1.52. The molecule has 3 heterocycles. The predicted molar refractivity (Wildman–Crippen MR) is 129 cm³/mol. The first-order valence-corrected chi connectivity index (χ1v) is 11.9. The first-order chi connectivity index (χ1) is 17.7. The molecule has 0 spiro atoms. The van der Waals surface area contributed by atoms with Gasteiger partial charge in [0.1, 0.15) is 60.1 Å². The molecule has 3 aliphatic rings. The highest BCUT2D eigenvalue weighted by Gasteiger charge is 2.56. The zero-order chi connectivity index (χ0) is 26.3. The van der Waals surface area contributed by atoms with Crippen LogP contribution in [-0.2, 0) is 19.0 Å². The molecule has 2 aromatic rings. The molecule has 37 heavy (non-hydrogen) atoms. The molecule has 0 aliphatic carbocycles. The van der Waals surface area contributed by atoms with Crippen molar-refractivity contribution in [1.29, 1.82) is 0 Å². The second-order valence-electron chi connectivity index (χ2n) is 9.52. The molecule has 2 fully saturated rings. The Morgan fingerprint density at radius 1 is 1.03 bits per heavy atom. The van der Waals surface area contributed by atoms with E-state index in [1.54, 1.807) is 57.4 Å². The number of benzene rings is 2. The zero-order valence-electron chi connectivity index (χ0n) is 20.9. The van der Waals surface area contributed by atoms with Gasteiger partial charge < -0.3 is 48.6 Å². The molecular weight excluding hydrogens is 486 g/mol. The number of rotatable bonds is 7. The second kappa shape index (κ2) is 10.1. The summed E-state index contributed by atoms with van der Waals surface area (Å²) in [6, 6.07) is 12.3. The monoisotopic (exact) mass is 517 g/mol. The third kappa shape index (κ3) is 4.98. The minimum absolute atomic E-state index is 0.193. The molecule has 200 valence electrons. The highest BCUT2D eigenvalue weighted by Crippen LogP contribution is 2.39. The van der Waals surface area contributed by atoms with Gasteiger partial charge in [0.05, 0.1) is 14.2 Å². The summed E-state index contributed by atoms with van der Waals surface area (Å²) >= 11 is 0. The lowest BCUT2D eigenvalue weighted by Crippen LogP contribution is -2.42. The molecule has 0 bridgehead atoms. The fourth-order valence-electron chi connectivity index (χ4n) is 4.73. The van der Waals surface area contributed by atoms with Gasteiger partial charge >= 0.3 is 0 Å². The van der Waals surface area contributed by atoms with E-state index < -0.39 is 48.7 Å². The second-order valence-corrected chi connectivity index (χ2v) is 9.52. The summed E-state index contributed by atoms with van der Waals surface area (Å²) in [7, 11) is 3.09. The van der Waals surface area contributed by atoms with Crippen molar-refractivity contribution in [2.45, 2.75) is 62.5 Å². The van der Waals surface area contributed by atoms with Crippen molar-refractivity contribution in [2.24, 2.45) is 5.16 Å². The average molecular weight is 518 g/mol. The molecule has 0 amide bonds. The van der Waals surface area contributed by atoms with Gasteiger partial charge in [-0.3, -0.25) is 0 Å². The summed E-state index contributed by atoms with van der Waals surface area (Å²) in [4.78, 5) is 5.47. The maximum absolute atomic E-state index is 11.3. The lowest BCUT2D eigenvalue weighted by atomic mass is 9.92. The SMILES string of the molecule is COc1cccc([C@H]2Oc3ccc(OC)cc3/C(=N\OC[C@@H](O)[C@H]3O[C@@H]4OC(C)(C)O[C@@H]4[C@H]3O)[C@@H]2O)c1. The molecule has 3 aliphatic heterocycles. The molecular formula is C26H31NO10. The van der Waals surface area contributed by atoms with Gasteiger partial charge in [-0.1, -0.05) is 17.3 Å². The fourth-order valence-corrected chi connectivity index (χ4v) is 4.73. The average Bonchev–Trinajstić information content (AvgIpc) is 3.36. The number of methoxy groups -OCH3 is 2. The maximum atomic E-state index is 11.3. The number of hydrogen-bond donors (Lipinski definition) is 3. The molecule has 11 heteroatoms. The minimum Gasteiger partial charge on any atom is -0.497 e. The molecule has 0 unspecified atom stereocenters. The number of aliphatic hydroxyl groups excluding tert-OH is 3. The van der Waals surface area contributed by atoms with Crippen molar-refractivity contribution in [3.05, 3.63) is 53.6 Å². The first-order valence-electron chi connectivity index (χ1n) is 11.9. The molecule has 2 saturated heterocycles. The number of fused-ring (bicyclic) bond motifs is 2. The Balaban J connectivity index is 1.35. The lowest BCUT2D eigenvalue weighted by Gasteiger charge is -2.32. The highest BCUT2D eigenvalue weighted by atomic mass is 16.8. The first kappa shape index (κ1) is 25.7. The van der Waals surface area contributed by atoms with E-state index in [0.717, 1.165) is 0 Å². The van der Waals surface area contributed by atoms with Crippen LogP contribution in [0.25, 0.3) is 0 Å². The summed E-state index contributed by atoms with van der Waals surface area (Å²) < 4.78 is 33.7. The van der Waals surface area contributed by atoms with Crippen LogP contribution >= 0.6 is 0 Å². The van der Waals surface area contributed by atoms with E-state index >= 15 is 0 Å². The van der Waals surface area contributed by atoms with Gasteiger partial charge in [-0.25, -0.2) is 0 Å². The molecule has 5 rings (SSSR count). The minimum atomic E-state index is -1.24. The van der Waals surface area contributed by atoms with Crippen molar-refractivity contribution in [3.63, 3.8) is 0 Å². The van der Waals surface area contributed by atoms with Crippen LogP contribution in [0.1, 0.15) is 31.1 Å². The molecule has 7 atom stereocenters. The van der Waals surface area contributed by atoms with Gasteiger partial charge in [0.15, 0.2) is 18.2 Å². The van der Waals surface area contributed by atoms with Gasteiger partial charge in [0.2, 0.25) is 0 Å². The molecule has 2 aromatic carbocycles. The van der Waals surface area contributed by atoms with Crippen LogP contribution in [0, 0.1) is 0 Å². The van der Waals surface area contributed by atoms with Crippen molar-refractivity contribution in [3.8, 4) is 17.2 Å². The van der Waals surface area contributed by atoms with E-state index in [2.05, 4.69) is 5.16 Å². The Morgan fingerprint density at radius 3 is 2.51 bits per heavy atom. The number of aliphatic hydroxyl groups is 3. The quantitative estimate of drug-likeness (QED) is 0.464. The van der Waals surface area contributed by atoms with Crippen LogP contribution in [0.3, 0.4) is 0 Å². The summed E-state index contributed by atoms with van der Waals surface area (Å²) in [5.41, 5.74) is 1.35. The Morgan fingerprint density at radius 2 is 1.78 bits per heavy atom. The lowest BCUT2D eigenvalue weighted by molar-refractivity contribution is -0.228. The van der Waals surface area contributed by atoms with Crippen LogP contribution in [-0.4, -0.2) is 84.5 Å². The third-order valence-corrected chi connectivity index (χ3v) is 6.55. The summed E-state index contributed by atoms with van der Waals surface area (Å²) in [6.07, 6.45) is -6.87. The van der Waals surface area contributed by atoms with Crippen LogP contribution in [0.5, 0.6) is 17.2 Å². The highest BCUT2D eigenvalue weighted by molar-refractivity contribution is 6.07. The van der Waals surface area contributed by atoms with Crippen LogP contribution in [0.4, 0.5) is 0 Å². The Hall–Kier alpha value is -2.93. The number of nitrogens with zero attached hydrogens (tertiary/aromatic N) is 1. The third-order valence-electron chi connectivity index (χ3n) is 6.55. The van der Waals surface area contributed by atoms with Crippen molar-refractivity contribution >= 4 is 5.71 Å². The summed E-state index contributed by atoms with van der Waals surface area (Å²) in [5.74, 6) is 0.741. The molecule has 0 saturated carbocycles. The molecule has 3 N–H and O–H groups in total. The summed E-state index contributed by atoms with van der Waals surface area (Å²) in [5, 5.41) is 36.7. The maximum Gasteiger partial charge on any atom is 0.190 e. The van der Waals surface area contributed by atoms with Crippen molar-refractivity contribution < 1.29 is 48.6 Å². The van der Waals surface area contributed by atoms with Gasteiger partial charge in [0, 0.05) is 5.56 Å².